The van der Waals surface area contributed by atoms with Crippen LogP contribution in [0.25, 0.3) is 21.8 Å². The molecule has 2 fully saturated rings. The molecule has 0 radical (unpaired) electrons. The number of carbonyl (C=O) groups excluding carboxylic acids is 1. The molecule has 1 aliphatic carbocycles. The summed E-state index contributed by atoms with van der Waals surface area (Å²) in [5, 5.41) is 2.40. The summed E-state index contributed by atoms with van der Waals surface area (Å²) < 4.78 is 7.97. The van der Waals surface area contributed by atoms with E-state index < -0.39 is 0 Å². The Bertz CT molecular complexity index is 1090. The van der Waals surface area contributed by atoms with Crippen molar-refractivity contribution >= 4 is 33.5 Å². The van der Waals surface area contributed by atoms with Crippen molar-refractivity contribution in [2.24, 2.45) is 16.6 Å². The summed E-state index contributed by atoms with van der Waals surface area (Å²) in [6.45, 7) is 1.55. The standard InChI is InChI=1S/C24H27N3O2/c25-23(10-7-16-5-6-16)26-24(28)17-8-9-20-19-3-1-2-4-21(19)27(22(20)15-17)18-11-13-29-14-12-18/h1-4,8-9,15-16,18H,5-7,10-14H2,(H2,25,26,28). The first kappa shape index (κ1) is 18.4. The van der Waals surface area contributed by atoms with Crippen molar-refractivity contribution < 1.29 is 9.53 Å². The second kappa shape index (κ2) is 7.64. The van der Waals surface area contributed by atoms with E-state index in [1.165, 1.54) is 29.1 Å². The molecule has 0 bridgehead atoms. The van der Waals surface area contributed by atoms with Crippen LogP contribution in [-0.2, 0) is 4.74 Å². The highest BCUT2D eigenvalue weighted by Crippen LogP contribution is 2.36. The van der Waals surface area contributed by atoms with E-state index in [9.17, 15) is 4.79 Å². The van der Waals surface area contributed by atoms with Crippen molar-refractivity contribution in [3.05, 3.63) is 48.0 Å². The van der Waals surface area contributed by atoms with Crippen molar-refractivity contribution in [2.75, 3.05) is 13.2 Å². The smallest absolute Gasteiger partial charge is 0.278 e. The number of ether oxygens (including phenoxy) is 1. The average molecular weight is 389 g/mol. The van der Waals surface area contributed by atoms with Crippen molar-refractivity contribution in [2.45, 2.75) is 44.6 Å². The van der Waals surface area contributed by atoms with Crippen LogP contribution < -0.4 is 5.73 Å². The van der Waals surface area contributed by atoms with Gasteiger partial charge < -0.3 is 15.0 Å². The van der Waals surface area contributed by atoms with E-state index in [4.69, 9.17) is 10.5 Å². The summed E-state index contributed by atoms with van der Waals surface area (Å²) in [7, 11) is 0. The van der Waals surface area contributed by atoms with Crippen LogP contribution in [0.2, 0.25) is 0 Å². The molecule has 0 atom stereocenters. The first-order valence-electron chi connectivity index (χ1n) is 10.7. The highest BCUT2D eigenvalue weighted by atomic mass is 16.5. The maximum atomic E-state index is 12.8. The summed E-state index contributed by atoms with van der Waals surface area (Å²) in [6.07, 6.45) is 6.29. The van der Waals surface area contributed by atoms with Crippen LogP contribution >= 0.6 is 0 Å². The molecule has 3 aromatic rings. The lowest BCUT2D eigenvalue weighted by molar-refractivity contribution is 0.0717. The lowest BCUT2D eigenvalue weighted by Gasteiger charge is -2.25. The van der Waals surface area contributed by atoms with E-state index in [2.05, 4.69) is 39.9 Å². The third-order valence-corrected chi connectivity index (χ3v) is 6.26. The number of para-hydroxylation sites is 1. The molecule has 2 N–H and O–H groups in total. The van der Waals surface area contributed by atoms with Crippen LogP contribution in [0.4, 0.5) is 0 Å². The van der Waals surface area contributed by atoms with Gasteiger partial charge in [-0.3, -0.25) is 4.79 Å². The average Bonchev–Trinajstić information content (AvgIpc) is 3.53. The minimum atomic E-state index is -0.246. The van der Waals surface area contributed by atoms with Crippen molar-refractivity contribution in [1.82, 2.24) is 4.57 Å². The molecule has 5 heteroatoms. The van der Waals surface area contributed by atoms with Crippen LogP contribution in [0.3, 0.4) is 0 Å². The van der Waals surface area contributed by atoms with Gasteiger partial charge in [0.25, 0.3) is 5.91 Å². The third-order valence-electron chi connectivity index (χ3n) is 6.26. The predicted octanol–water partition coefficient (Wildman–Crippen LogP) is 4.83. The van der Waals surface area contributed by atoms with Crippen molar-refractivity contribution in [3.63, 3.8) is 0 Å². The number of rotatable bonds is 5. The molecule has 29 heavy (non-hydrogen) atoms. The molecular weight excluding hydrogens is 362 g/mol. The molecule has 1 amide bonds. The number of nitrogens with zero attached hydrogens (tertiary/aromatic N) is 2. The molecule has 1 saturated carbocycles. The number of hydrogen-bond acceptors (Lipinski definition) is 2. The zero-order valence-corrected chi connectivity index (χ0v) is 16.6. The van der Waals surface area contributed by atoms with E-state index in [0.717, 1.165) is 43.9 Å². The summed E-state index contributed by atoms with van der Waals surface area (Å²) in [5.41, 5.74) is 8.93. The zero-order chi connectivity index (χ0) is 19.8. The zero-order valence-electron chi connectivity index (χ0n) is 16.6. The van der Waals surface area contributed by atoms with Crippen LogP contribution in [-0.4, -0.2) is 29.5 Å². The fraction of sp³-hybridized carbons (Fsp3) is 0.417. The van der Waals surface area contributed by atoms with Gasteiger partial charge in [-0.05, 0) is 43.4 Å². The van der Waals surface area contributed by atoms with Crippen LogP contribution in [0, 0.1) is 5.92 Å². The van der Waals surface area contributed by atoms with Gasteiger partial charge in [0.2, 0.25) is 0 Å². The SMILES string of the molecule is NC(CCC1CC1)=NC(=O)c1ccc2c3ccccc3n(C3CCOCC3)c2c1. The first-order chi connectivity index (χ1) is 14.2. The molecule has 1 aromatic heterocycles. The van der Waals surface area contributed by atoms with Gasteiger partial charge in [-0.25, -0.2) is 0 Å². The Morgan fingerprint density at radius 1 is 1.03 bits per heavy atom. The van der Waals surface area contributed by atoms with Gasteiger partial charge in [-0.15, -0.1) is 0 Å². The topological polar surface area (TPSA) is 69.6 Å². The van der Waals surface area contributed by atoms with E-state index in [1.54, 1.807) is 0 Å². The first-order valence-corrected chi connectivity index (χ1v) is 10.7. The van der Waals surface area contributed by atoms with E-state index in [1.807, 2.05) is 12.1 Å². The van der Waals surface area contributed by atoms with Gasteiger partial charge in [-0.2, -0.15) is 4.99 Å². The van der Waals surface area contributed by atoms with Gasteiger partial charge in [0.15, 0.2) is 0 Å². The fourth-order valence-corrected chi connectivity index (χ4v) is 4.48. The number of hydrogen-bond donors (Lipinski definition) is 1. The minimum absolute atomic E-state index is 0.246. The molecule has 150 valence electrons. The summed E-state index contributed by atoms with van der Waals surface area (Å²) in [6, 6.07) is 14.8. The Morgan fingerprint density at radius 2 is 1.79 bits per heavy atom. The molecule has 0 unspecified atom stereocenters. The monoisotopic (exact) mass is 389 g/mol. The molecule has 5 nitrogen and oxygen atoms in total. The maximum absolute atomic E-state index is 12.8. The molecule has 5 rings (SSSR count). The van der Waals surface area contributed by atoms with Gasteiger partial charge in [-0.1, -0.05) is 37.1 Å². The number of amides is 1. The Labute approximate surface area is 170 Å². The molecule has 2 aliphatic rings. The molecule has 1 aliphatic heterocycles. The molecule has 0 spiro atoms. The summed E-state index contributed by atoms with van der Waals surface area (Å²) in [4.78, 5) is 16.9. The number of amidine groups is 1. The van der Waals surface area contributed by atoms with Gasteiger partial charge in [0.1, 0.15) is 5.84 Å². The molecule has 1 saturated heterocycles. The maximum Gasteiger partial charge on any atom is 0.278 e. The number of fused-ring (bicyclic) bond motifs is 3. The third kappa shape index (κ3) is 3.67. The second-order valence-electron chi connectivity index (χ2n) is 8.35. The largest absolute Gasteiger partial charge is 0.387 e. The molecule has 2 aromatic carbocycles. The van der Waals surface area contributed by atoms with E-state index in [0.29, 0.717) is 23.9 Å². The van der Waals surface area contributed by atoms with E-state index in [-0.39, 0.29) is 5.91 Å². The van der Waals surface area contributed by atoms with Gasteiger partial charge in [0.05, 0.1) is 5.52 Å². The normalized spacial score (nSPS) is 18.6. The number of aromatic nitrogens is 1. The number of benzene rings is 2. The van der Waals surface area contributed by atoms with Gasteiger partial charge in [0, 0.05) is 47.5 Å². The lowest BCUT2D eigenvalue weighted by Crippen LogP contribution is -2.19. The summed E-state index contributed by atoms with van der Waals surface area (Å²) in [5.74, 6) is 0.987. The van der Waals surface area contributed by atoms with Crippen LogP contribution in [0.1, 0.15) is 54.9 Å². The quantitative estimate of drug-likeness (QED) is 0.502. The Morgan fingerprint density at radius 3 is 2.59 bits per heavy atom. The number of nitrogens with two attached hydrogens (primary N) is 1. The highest BCUT2D eigenvalue weighted by molar-refractivity contribution is 6.11. The lowest BCUT2D eigenvalue weighted by atomic mass is 10.1. The van der Waals surface area contributed by atoms with Crippen LogP contribution in [0.15, 0.2) is 47.5 Å². The number of carbonyl (C=O) groups is 1. The Balaban J connectivity index is 1.53. The Kier molecular flexibility index (Phi) is 4.84. The summed E-state index contributed by atoms with van der Waals surface area (Å²) >= 11 is 0. The van der Waals surface area contributed by atoms with Crippen LogP contribution in [0.5, 0.6) is 0 Å². The van der Waals surface area contributed by atoms with E-state index >= 15 is 0 Å². The Hall–Kier alpha value is -2.66. The molecular formula is C24H27N3O2. The predicted molar refractivity (Wildman–Crippen MR) is 116 cm³/mol. The highest BCUT2D eigenvalue weighted by Gasteiger charge is 2.22. The number of aliphatic imine (C=N–C) groups is 1. The fourth-order valence-electron chi connectivity index (χ4n) is 4.48. The second-order valence-corrected chi connectivity index (χ2v) is 8.35. The van der Waals surface area contributed by atoms with Crippen molar-refractivity contribution in [3.8, 4) is 0 Å². The molecule has 2 heterocycles. The van der Waals surface area contributed by atoms with Crippen molar-refractivity contribution in [1.29, 1.82) is 0 Å². The minimum Gasteiger partial charge on any atom is -0.387 e. The van der Waals surface area contributed by atoms with Gasteiger partial charge >= 0.3 is 0 Å².